The van der Waals surface area contributed by atoms with Crippen molar-refractivity contribution >= 4 is 37.6 Å². The van der Waals surface area contributed by atoms with Gasteiger partial charge >= 0.3 is 0 Å². The van der Waals surface area contributed by atoms with Crippen LogP contribution >= 0.6 is 11.3 Å². The second-order valence-electron chi connectivity index (χ2n) is 6.84. The highest BCUT2D eigenvalue weighted by atomic mass is 32.1. The number of pyridine rings is 1. The maximum Gasteiger partial charge on any atom is 0.147 e. The number of nitrogens with zero attached hydrogens (tertiary/aromatic N) is 3. The lowest BCUT2D eigenvalue weighted by Gasteiger charge is -2.20. The van der Waals surface area contributed by atoms with Crippen molar-refractivity contribution in [3.05, 3.63) is 60.4 Å². The Balaban J connectivity index is 1.82. The molecule has 0 radical (unpaired) electrons. The molecular weight excluding hydrogens is 352 g/mol. The SMILES string of the molecule is C=CCNc1ncnc2c1sc1nc(-c3ccccc3)c3c(c12)CCCC3. The Morgan fingerprint density at radius 2 is 1.89 bits per heavy atom. The zero-order valence-corrected chi connectivity index (χ0v) is 15.9. The van der Waals surface area contributed by atoms with E-state index in [-0.39, 0.29) is 0 Å². The van der Waals surface area contributed by atoms with E-state index in [4.69, 9.17) is 4.98 Å². The van der Waals surface area contributed by atoms with Gasteiger partial charge in [-0.15, -0.1) is 17.9 Å². The van der Waals surface area contributed by atoms with Gasteiger partial charge in [0.2, 0.25) is 0 Å². The molecule has 134 valence electrons. The van der Waals surface area contributed by atoms with Crippen LogP contribution in [0.15, 0.2) is 49.3 Å². The summed E-state index contributed by atoms with van der Waals surface area (Å²) in [6.07, 6.45) is 8.13. The number of nitrogens with one attached hydrogen (secondary N) is 1. The van der Waals surface area contributed by atoms with Gasteiger partial charge < -0.3 is 5.32 Å². The van der Waals surface area contributed by atoms with Crippen LogP contribution in [-0.2, 0) is 12.8 Å². The zero-order valence-electron chi connectivity index (χ0n) is 15.0. The maximum absolute atomic E-state index is 5.12. The Morgan fingerprint density at radius 1 is 1.07 bits per heavy atom. The maximum atomic E-state index is 5.12. The molecule has 0 atom stereocenters. The Kier molecular flexibility index (Phi) is 4.09. The molecule has 1 N–H and O–H groups in total. The van der Waals surface area contributed by atoms with Crippen LogP contribution in [0.4, 0.5) is 5.82 Å². The van der Waals surface area contributed by atoms with Crippen LogP contribution < -0.4 is 5.32 Å². The van der Waals surface area contributed by atoms with Crippen molar-refractivity contribution < 1.29 is 0 Å². The van der Waals surface area contributed by atoms with Crippen molar-refractivity contribution in [3.63, 3.8) is 0 Å². The minimum atomic E-state index is 0.682. The van der Waals surface area contributed by atoms with Crippen LogP contribution in [0.1, 0.15) is 24.0 Å². The van der Waals surface area contributed by atoms with Crippen molar-refractivity contribution in [2.75, 3.05) is 11.9 Å². The molecular formula is C22H20N4S. The van der Waals surface area contributed by atoms with E-state index >= 15 is 0 Å². The second kappa shape index (κ2) is 6.74. The Bertz CT molecular complexity index is 1150. The Labute approximate surface area is 162 Å². The largest absolute Gasteiger partial charge is 0.365 e. The van der Waals surface area contributed by atoms with Crippen LogP contribution in [0, 0.1) is 0 Å². The van der Waals surface area contributed by atoms with Crippen LogP contribution in [0.3, 0.4) is 0 Å². The minimum absolute atomic E-state index is 0.682. The number of benzene rings is 1. The molecule has 0 aliphatic heterocycles. The van der Waals surface area contributed by atoms with Gasteiger partial charge in [0.15, 0.2) is 0 Å². The summed E-state index contributed by atoms with van der Waals surface area (Å²) in [5.74, 6) is 0.869. The van der Waals surface area contributed by atoms with Crippen LogP contribution in [-0.4, -0.2) is 21.5 Å². The lowest BCUT2D eigenvalue weighted by molar-refractivity contribution is 0.689. The van der Waals surface area contributed by atoms with E-state index in [9.17, 15) is 0 Å². The third-order valence-electron chi connectivity index (χ3n) is 5.18. The predicted molar refractivity (Wildman–Crippen MR) is 113 cm³/mol. The van der Waals surface area contributed by atoms with Crippen LogP contribution in [0.2, 0.25) is 0 Å². The molecule has 27 heavy (non-hydrogen) atoms. The Hall–Kier alpha value is -2.79. The fourth-order valence-corrected chi connectivity index (χ4v) is 5.11. The molecule has 0 fully saturated rings. The molecule has 0 saturated carbocycles. The summed E-state index contributed by atoms with van der Waals surface area (Å²) >= 11 is 1.69. The summed E-state index contributed by atoms with van der Waals surface area (Å²) < 4.78 is 1.08. The normalized spacial score (nSPS) is 13.6. The third-order valence-corrected chi connectivity index (χ3v) is 6.26. The van der Waals surface area contributed by atoms with Crippen LogP contribution in [0.25, 0.3) is 31.7 Å². The van der Waals surface area contributed by atoms with Gasteiger partial charge in [0.1, 0.15) is 17.0 Å². The van der Waals surface area contributed by atoms with Gasteiger partial charge in [-0.1, -0.05) is 36.4 Å². The number of aromatic nitrogens is 3. The first-order valence-corrected chi connectivity index (χ1v) is 10.2. The first-order chi connectivity index (χ1) is 13.4. The molecule has 1 aliphatic carbocycles. The first kappa shape index (κ1) is 16.4. The van der Waals surface area contributed by atoms with Crippen molar-refractivity contribution in [1.82, 2.24) is 15.0 Å². The Morgan fingerprint density at radius 3 is 2.70 bits per heavy atom. The molecule has 5 rings (SSSR count). The topological polar surface area (TPSA) is 50.7 Å². The van der Waals surface area contributed by atoms with E-state index in [1.807, 2.05) is 6.08 Å². The number of anilines is 1. The number of hydrogen-bond acceptors (Lipinski definition) is 5. The summed E-state index contributed by atoms with van der Waals surface area (Å²) in [6.45, 7) is 4.47. The fourth-order valence-electron chi connectivity index (χ4n) is 3.99. The number of rotatable bonds is 4. The van der Waals surface area contributed by atoms with Crippen molar-refractivity contribution in [1.29, 1.82) is 0 Å². The molecule has 3 heterocycles. The van der Waals surface area contributed by atoms with Crippen LogP contribution in [0.5, 0.6) is 0 Å². The van der Waals surface area contributed by atoms with Crippen molar-refractivity contribution in [2.24, 2.45) is 0 Å². The van der Waals surface area contributed by atoms with Gasteiger partial charge in [0, 0.05) is 17.5 Å². The zero-order chi connectivity index (χ0) is 18.2. The van der Waals surface area contributed by atoms with Gasteiger partial charge in [-0.25, -0.2) is 15.0 Å². The lowest BCUT2D eigenvalue weighted by atomic mass is 9.87. The summed E-state index contributed by atoms with van der Waals surface area (Å²) in [5, 5.41) is 4.57. The molecule has 0 bridgehead atoms. The number of fused-ring (bicyclic) bond motifs is 5. The summed E-state index contributed by atoms with van der Waals surface area (Å²) in [6, 6.07) is 10.6. The summed E-state index contributed by atoms with van der Waals surface area (Å²) in [7, 11) is 0. The van der Waals surface area contributed by atoms with E-state index in [0.29, 0.717) is 6.54 Å². The van der Waals surface area contributed by atoms with Crippen molar-refractivity contribution in [2.45, 2.75) is 25.7 Å². The molecule has 0 spiro atoms. The third kappa shape index (κ3) is 2.70. The molecule has 0 unspecified atom stereocenters. The molecule has 1 aliphatic rings. The molecule has 0 saturated heterocycles. The molecule has 5 heteroatoms. The molecule has 3 aromatic heterocycles. The average Bonchev–Trinajstić information content (AvgIpc) is 3.11. The second-order valence-corrected chi connectivity index (χ2v) is 7.84. The molecule has 4 aromatic rings. The highest BCUT2D eigenvalue weighted by Gasteiger charge is 2.23. The molecule has 4 nitrogen and oxygen atoms in total. The monoisotopic (exact) mass is 372 g/mol. The van der Waals surface area contributed by atoms with Gasteiger partial charge in [0.25, 0.3) is 0 Å². The predicted octanol–water partition coefficient (Wildman–Crippen LogP) is 5.38. The fraction of sp³-hybridized carbons (Fsp3) is 0.227. The standard InChI is InChI=1S/C22H20N4S/c1-2-12-23-21-20-19(24-13-25-21)17-15-10-6-7-11-16(15)18(26-22(17)27-20)14-8-4-3-5-9-14/h2-5,8-9,13H,1,6-7,10-12H2,(H,23,24,25). The number of hydrogen-bond donors (Lipinski definition) is 1. The molecule has 1 aromatic carbocycles. The van der Waals surface area contributed by atoms with E-state index in [2.05, 4.69) is 52.2 Å². The summed E-state index contributed by atoms with van der Waals surface area (Å²) in [4.78, 5) is 15.3. The smallest absolute Gasteiger partial charge is 0.147 e. The lowest BCUT2D eigenvalue weighted by Crippen LogP contribution is -2.07. The van der Waals surface area contributed by atoms with E-state index in [0.717, 1.165) is 39.4 Å². The van der Waals surface area contributed by atoms with E-state index in [1.165, 1.54) is 34.9 Å². The van der Waals surface area contributed by atoms with Gasteiger partial charge in [-0.3, -0.25) is 0 Å². The summed E-state index contributed by atoms with van der Waals surface area (Å²) in [5.41, 5.74) is 6.20. The highest BCUT2D eigenvalue weighted by Crippen LogP contribution is 2.42. The first-order valence-electron chi connectivity index (χ1n) is 9.36. The number of thiophene rings is 1. The minimum Gasteiger partial charge on any atom is -0.365 e. The van der Waals surface area contributed by atoms with Crippen molar-refractivity contribution in [3.8, 4) is 11.3 Å². The number of aryl methyl sites for hydroxylation is 1. The highest BCUT2D eigenvalue weighted by molar-refractivity contribution is 7.26. The average molecular weight is 372 g/mol. The quantitative estimate of drug-likeness (QED) is 0.488. The van der Waals surface area contributed by atoms with Gasteiger partial charge in [-0.05, 0) is 36.8 Å². The van der Waals surface area contributed by atoms with Gasteiger partial charge in [-0.2, -0.15) is 0 Å². The molecule has 0 amide bonds. The van der Waals surface area contributed by atoms with E-state index < -0.39 is 0 Å². The van der Waals surface area contributed by atoms with Gasteiger partial charge in [0.05, 0.1) is 15.9 Å². The van der Waals surface area contributed by atoms with E-state index in [1.54, 1.807) is 17.7 Å².